The summed E-state index contributed by atoms with van der Waals surface area (Å²) in [5.41, 5.74) is 2.04. The summed E-state index contributed by atoms with van der Waals surface area (Å²) < 4.78 is 13.6. The Morgan fingerprint density at radius 2 is 2.09 bits per heavy atom. The van der Waals surface area contributed by atoms with Crippen LogP contribution in [0.4, 0.5) is 10.2 Å². The molecule has 0 saturated carbocycles. The molecular weight excluding hydrogens is 281 g/mol. The van der Waals surface area contributed by atoms with Crippen molar-refractivity contribution in [3.63, 3.8) is 0 Å². The van der Waals surface area contributed by atoms with Gasteiger partial charge in [0.15, 0.2) is 0 Å². The van der Waals surface area contributed by atoms with E-state index in [1.807, 2.05) is 24.9 Å². The van der Waals surface area contributed by atoms with E-state index in [0.29, 0.717) is 24.2 Å². The zero-order chi connectivity index (χ0) is 16.1. The molecule has 0 saturated heterocycles. The molecule has 1 heterocycles. The molecule has 1 aromatic carbocycles. The average molecular weight is 301 g/mol. The first-order valence-electron chi connectivity index (χ1n) is 7.21. The number of amides is 1. The maximum absolute atomic E-state index is 13.6. The molecule has 5 heteroatoms. The Labute approximate surface area is 130 Å². The Kier molecular flexibility index (Phi) is 5.09. The number of hydrogen-bond acceptors (Lipinski definition) is 3. The molecule has 0 spiro atoms. The lowest BCUT2D eigenvalue weighted by Gasteiger charge is -2.18. The molecule has 1 aromatic heterocycles. The molecule has 0 aliphatic carbocycles. The number of benzene rings is 1. The third-order valence-electron chi connectivity index (χ3n) is 3.39. The highest BCUT2D eigenvalue weighted by molar-refractivity contribution is 5.93. The summed E-state index contributed by atoms with van der Waals surface area (Å²) in [5, 5.41) is 2.73. The van der Waals surface area contributed by atoms with Crippen LogP contribution >= 0.6 is 0 Å². The van der Waals surface area contributed by atoms with E-state index in [4.69, 9.17) is 0 Å². The fourth-order valence-electron chi connectivity index (χ4n) is 2.10. The number of hydrogen-bond donors (Lipinski definition) is 1. The van der Waals surface area contributed by atoms with E-state index >= 15 is 0 Å². The summed E-state index contributed by atoms with van der Waals surface area (Å²) >= 11 is 0. The number of anilines is 1. The normalized spacial score (nSPS) is 10.4. The molecule has 0 bridgehead atoms. The summed E-state index contributed by atoms with van der Waals surface area (Å²) in [7, 11) is 1.88. The topological polar surface area (TPSA) is 45.2 Å². The molecule has 1 N–H and O–H groups in total. The van der Waals surface area contributed by atoms with Crippen LogP contribution in [0.15, 0.2) is 36.5 Å². The molecule has 0 aliphatic heterocycles. The molecule has 2 aromatic rings. The molecule has 1 amide bonds. The fourth-order valence-corrected chi connectivity index (χ4v) is 2.10. The van der Waals surface area contributed by atoms with Crippen LogP contribution in [-0.2, 0) is 6.54 Å². The van der Waals surface area contributed by atoms with Crippen LogP contribution in [0.1, 0.15) is 28.4 Å². The largest absolute Gasteiger partial charge is 0.355 e. The summed E-state index contributed by atoms with van der Waals surface area (Å²) in [6, 6.07) is 8.73. The molecule has 0 atom stereocenters. The molecule has 0 aliphatic rings. The van der Waals surface area contributed by atoms with Gasteiger partial charge in [0, 0.05) is 26.3 Å². The standard InChI is InChI=1S/C17H20FN3O/c1-4-19-17(22)14-7-8-16(20-10-14)21(3)11-13-6-5-12(2)15(18)9-13/h5-10H,4,11H2,1-3H3,(H,19,22). The minimum atomic E-state index is -0.203. The molecule has 0 fully saturated rings. The maximum Gasteiger partial charge on any atom is 0.252 e. The van der Waals surface area contributed by atoms with Crippen molar-refractivity contribution < 1.29 is 9.18 Å². The molecule has 4 nitrogen and oxygen atoms in total. The van der Waals surface area contributed by atoms with Gasteiger partial charge in [-0.15, -0.1) is 0 Å². The number of carbonyl (C=O) groups excluding carboxylic acids is 1. The van der Waals surface area contributed by atoms with E-state index < -0.39 is 0 Å². The zero-order valence-electron chi connectivity index (χ0n) is 13.1. The van der Waals surface area contributed by atoms with Crippen molar-refractivity contribution >= 4 is 11.7 Å². The van der Waals surface area contributed by atoms with Crippen molar-refractivity contribution in [1.29, 1.82) is 0 Å². The molecular formula is C17H20FN3O. The van der Waals surface area contributed by atoms with Crippen LogP contribution < -0.4 is 10.2 Å². The van der Waals surface area contributed by atoms with Crippen LogP contribution in [0.25, 0.3) is 0 Å². The third kappa shape index (κ3) is 3.81. The monoisotopic (exact) mass is 301 g/mol. The number of pyridine rings is 1. The fraction of sp³-hybridized carbons (Fsp3) is 0.294. The Bertz CT molecular complexity index is 655. The minimum absolute atomic E-state index is 0.134. The van der Waals surface area contributed by atoms with Crippen molar-refractivity contribution in [2.75, 3.05) is 18.5 Å². The van der Waals surface area contributed by atoms with Gasteiger partial charge in [-0.3, -0.25) is 4.79 Å². The van der Waals surface area contributed by atoms with E-state index in [9.17, 15) is 9.18 Å². The average Bonchev–Trinajstić information content (AvgIpc) is 2.51. The van der Waals surface area contributed by atoms with Gasteiger partial charge in [0.05, 0.1) is 5.56 Å². The predicted molar refractivity (Wildman–Crippen MR) is 85.5 cm³/mol. The van der Waals surface area contributed by atoms with Crippen molar-refractivity contribution in [1.82, 2.24) is 10.3 Å². The van der Waals surface area contributed by atoms with Gasteiger partial charge in [-0.2, -0.15) is 0 Å². The van der Waals surface area contributed by atoms with Gasteiger partial charge in [0.2, 0.25) is 0 Å². The van der Waals surface area contributed by atoms with Gasteiger partial charge < -0.3 is 10.2 Å². The molecule has 116 valence electrons. The second-order valence-electron chi connectivity index (χ2n) is 5.20. The number of aryl methyl sites for hydroxylation is 1. The van der Waals surface area contributed by atoms with E-state index in [1.54, 1.807) is 31.3 Å². The summed E-state index contributed by atoms with van der Waals surface area (Å²) in [4.78, 5) is 17.9. The first-order valence-corrected chi connectivity index (χ1v) is 7.21. The Balaban J connectivity index is 2.07. The number of rotatable bonds is 5. The highest BCUT2D eigenvalue weighted by Gasteiger charge is 2.08. The maximum atomic E-state index is 13.6. The van der Waals surface area contributed by atoms with Gasteiger partial charge in [0.25, 0.3) is 5.91 Å². The second kappa shape index (κ2) is 7.02. The molecule has 0 radical (unpaired) electrons. The summed E-state index contributed by atoms with van der Waals surface area (Å²) in [6.07, 6.45) is 1.55. The van der Waals surface area contributed by atoms with Crippen molar-refractivity contribution in [2.45, 2.75) is 20.4 Å². The van der Waals surface area contributed by atoms with Gasteiger partial charge in [-0.25, -0.2) is 9.37 Å². The smallest absolute Gasteiger partial charge is 0.252 e. The van der Waals surface area contributed by atoms with E-state index in [2.05, 4.69) is 10.3 Å². The van der Waals surface area contributed by atoms with Gasteiger partial charge in [0.1, 0.15) is 11.6 Å². The third-order valence-corrected chi connectivity index (χ3v) is 3.39. The van der Waals surface area contributed by atoms with E-state index in [-0.39, 0.29) is 11.7 Å². The Hall–Kier alpha value is -2.43. The molecule has 22 heavy (non-hydrogen) atoms. The molecule has 2 rings (SSSR count). The first kappa shape index (κ1) is 15.9. The predicted octanol–water partition coefficient (Wildman–Crippen LogP) is 2.92. The van der Waals surface area contributed by atoms with Crippen molar-refractivity contribution in [2.24, 2.45) is 0 Å². The number of halogens is 1. The van der Waals surface area contributed by atoms with Crippen LogP contribution in [0.2, 0.25) is 0 Å². The van der Waals surface area contributed by atoms with Crippen LogP contribution in [0.3, 0.4) is 0 Å². The van der Waals surface area contributed by atoms with Crippen molar-refractivity contribution in [3.8, 4) is 0 Å². The summed E-state index contributed by atoms with van der Waals surface area (Å²) in [6.45, 7) is 4.74. The molecule has 0 unspecified atom stereocenters. The quantitative estimate of drug-likeness (QED) is 0.923. The number of nitrogens with one attached hydrogen (secondary N) is 1. The van der Waals surface area contributed by atoms with Crippen LogP contribution in [0, 0.1) is 12.7 Å². The number of carbonyl (C=O) groups is 1. The summed E-state index contributed by atoms with van der Waals surface area (Å²) in [5.74, 6) is 0.393. The number of aromatic nitrogens is 1. The first-order chi connectivity index (χ1) is 10.5. The van der Waals surface area contributed by atoms with Gasteiger partial charge >= 0.3 is 0 Å². The zero-order valence-corrected chi connectivity index (χ0v) is 13.1. The SMILES string of the molecule is CCNC(=O)c1ccc(N(C)Cc2ccc(C)c(F)c2)nc1. The Morgan fingerprint density at radius 3 is 2.68 bits per heavy atom. The highest BCUT2D eigenvalue weighted by Crippen LogP contribution is 2.15. The van der Waals surface area contributed by atoms with E-state index in [0.717, 1.165) is 11.4 Å². The Morgan fingerprint density at radius 1 is 1.32 bits per heavy atom. The lowest BCUT2D eigenvalue weighted by molar-refractivity contribution is 0.0955. The van der Waals surface area contributed by atoms with Crippen LogP contribution in [0.5, 0.6) is 0 Å². The van der Waals surface area contributed by atoms with Crippen LogP contribution in [-0.4, -0.2) is 24.5 Å². The van der Waals surface area contributed by atoms with Gasteiger partial charge in [-0.1, -0.05) is 12.1 Å². The van der Waals surface area contributed by atoms with E-state index in [1.165, 1.54) is 6.07 Å². The van der Waals surface area contributed by atoms with Gasteiger partial charge in [-0.05, 0) is 43.2 Å². The second-order valence-corrected chi connectivity index (χ2v) is 5.20. The minimum Gasteiger partial charge on any atom is -0.355 e. The van der Waals surface area contributed by atoms with Crippen molar-refractivity contribution in [3.05, 3.63) is 59.0 Å². The highest BCUT2D eigenvalue weighted by atomic mass is 19.1. The lowest BCUT2D eigenvalue weighted by atomic mass is 10.1. The lowest BCUT2D eigenvalue weighted by Crippen LogP contribution is -2.23. The number of nitrogens with zero attached hydrogens (tertiary/aromatic N) is 2.